The summed E-state index contributed by atoms with van der Waals surface area (Å²) in [5, 5.41) is 8.67. The van der Waals surface area contributed by atoms with Crippen LogP contribution in [0.4, 0.5) is 0 Å². The highest BCUT2D eigenvalue weighted by molar-refractivity contribution is 4.98. The lowest BCUT2D eigenvalue weighted by molar-refractivity contribution is -0.168. The third kappa shape index (κ3) is 8.46. The highest BCUT2D eigenvalue weighted by atomic mass is 16.7. The zero-order valence-corrected chi connectivity index (χ0v) is 13.7. The number of aliphatic hydroxyl groups is 1. The Balaban J connectivity index is 2.14. The third-order valence-electron chi connectivity index (χ3n) is 3.92. The Kier molecular flexibility index (Phi) is 10.6. The van der Waals surface area contributed by atoms with Gasteiger partial charge in [0, 0.05) is 32.3 Å². The van der Waals surface area contributed by atoms with Gasteiger partial charge in [-0.2, -0.15) is 0 Å². The van der Waals surface area contributed by atoms with E-state index in [1.165, 1.54) is 25.7 Å². The summed E-state index contributed by atoms with van der Waals surface area (Å²) in [6.07, 6.45) is 11.8. The lowest BCUT2D eigenvalue weighted by Crippen LogP contribution is -2.30. The molecule has 1 fully saturated rings. The normalized spacial score (nSPS) is 16.7. The minimum absolute atomic E-state index is 0.240. The molecule has 1 N–H and O–H groups in total. The fourth-order valence-electron chi connectivity index (χ4n) is 2.68. The van der Waals surface area contributed by atoms with Gasteiger partial charge in [-0.3, -0.25) is 0 Å². The zero-order chi connectivity index (χ0) is 15.2. The van der Waals surface area contributed by atoms with E-state index in [2.05, 4.69) is 18.8 Å². The summed E-state index contributed by atoms with van der Waals surface area (Å²) in [5.41, 5.74) is 0. The fraction of sp³-hybridized carbons (Fsp3) is 0.889. The summed E-state index contributed by atoms with van der Waals surface area (Å²) in [4.78, 5) is 0. The van der Waals surface area contributed by atoms with Crippen LogP contribution in [0.15, 0.2) is 0 Å². The van der Waals surface area contributed by atoms with Crippen molar-refractivity contribution in [2.75, 3.05) is 19.8 Å². The van der Waals surface area contributed by atoms with Crippen LogP contribution in [0, 0.1) is 11.8 Å². The Morgan fingerprint density at radius 3 is 2.10 bits per heavy atom. The molecule has 0 spiro atoms. The maximum Gasteiger partial charge on any atom is 0.168 e. The van der Waals surface area contributed by atoms with Crippen molar-refractivity contribution in [1.29, 1.82) is 0 Å². The van der Waals surface area contributed by atoms with Crippen molar-refractivity contribution >= 4 is 0 Å². The maximum atomic E-state index is 8.67. The molecule has 21 heavy (non-hydrogen) atoms. The van der Waals surface area contributed by atoms with Crippen molar-refractivity contribution in [2.45, 2.75) is 83.3 Å². The molecular weight excluding hydrogens is 264 g/mol. The standard InChI is InChI=1S/C18H32O3/c1-2-3-4-10-13-18(20-16-17-21-18)14-11-8-6-5-7-9-12-15-19/h19H,2-4,6,8-17H2,1H3. The van der Waals surface area contributed by atoms with Gasteiger partial charge in [0.25, 0.3) is 0 Å². The molecule has 0 aromatic heterocycles. The van der Waals surface area contributed by atoms with Gasteiger partial charge in [-0.25, -0.2) is 0 Å². The van der Waals surface area contributed by atoms with E-state index >= 15 is 0 Å². The minimum Gasteiger partial charge on any atom is -0.396 e. The summed E-state index contributed by atoms with van der Waals surface area (Å²) >= 11 is 0. The first-order chi connectivity index (χ1) is 10.3. The molecule has 3 heteroatoms. The fourth-order valence-corrected chi connectivity index (χ4v) is 2.68. The number of aliphatic hydroxyl groups excluding tert-OH is 1. The Morgan fingerprint density at radius 2 is 1.48 bits per heavy atom. The lowest BCUT2D eigenvalue weighted by Gasteiger charge is -2.27. The molecule has 1 rings (SSSR count). The van der Waals surface area contributed by atoms with Crippen molar-refractivity contribution in [3.63, 3.8) is 0 Å². The van der Waals surface area contributed by atoms with E-state index in [-0.39, 0.29) is 12.4 Å². The minimum atomic E-state index is -0.294. The van der Waals surface area contributed by atoms with E-state index < -0.39 is 0 Å². The molecule has 0 unspecified atom stereocenters. The number of ether oxygens (including phenoxy) is 2. The lowest BCUT2D eigenvalue weighted by atomic mass is 10.00. The van der Waals surface area contributed by atoms with Crippen molar-refractivity contribution < 1.29 is 14.6 Å². The molecule has 0 aromatic carbocycles. The molecule has 122 valence electrons. The molecule has 0 bridgehead atoms. The van der Waals surface area contributed by atoms with Crippen molar-refractivity contribution in [3.05, 3.63) is 0 Å². The van der Waals surface area contributed by atoms with Gasteiger partial charge in [-0.15, -0.1) is 11.8 Å². The van der Waals surface area contributed by atoms with Gasteiger partial charge in [0.2, 0.25) is 0 Å². The van der Waals surface area contributed by atoms with Gasteiger partial charge in [-0.05, 0) is 25.7 Å². The molecule has 1 aliphatic heterocycles. The van der Waals surface area contributed by atoms with Gasteiger partial charge in [-0.1, -0.05) is 26.2 Å². The summed E-state index contributed by atoms with van der Waals surface area (Å²) in [5.74, 6) is 5.98. The van der Waals surface area contributed by atoms with Crippen LogP contribution in [-0.2, 0) is 9.47 Å². The first-order valence-corrected chi connectivity index (χ1v) is 8.67. The van der Waals surface area contributed by atoms with Crippen LogP contribution in [0.1, 0.15) is 77.6 Å². The number of hydrogen-bond acceptors (Lipinski definition) is 3. The van der Waals surface area contributed by atoms with Crippen LogP contribution >= 0.6 is 0 Å². The quantitative estimate of drug-likeness (QED) is 0.462. The predicted octanol–water partition coefficient (Wildman–Crippen LogP) is 4.04. The summed E-state index contributed by atoms with van der Waals surface area (Å²) in [7, 11) is 0. The van der Waals surface area contributed by atoms with Crippen LogP contribution in [0.2, 0.25) is 0 Å². The molecule has 3 nitrogen and oxygen atoms in total. The Labute approximate surface area is 130 Å². The first-order valence-electron chi connectivity index (χ1n) is 8.67. The maximum absolute atomic E-state index is 8.67. The molecule has 0 radical (unpaired) electrons. The number of rotatable bonds is 11. The van der Waals surface area contributed by atoms with Crippen molar-refractivity contribution in [1.82, 2.24) is 0 Å². The van der Waals surface area contributed by atoms with E-state index in [1.807, 2.05) is 0 Å². The van der Waals surface area contributed by atoms with E-state index in [1.54, 1.807) is 0 Å². The van der Waals surface area contributed by atoms with Crippen LogP contribution in [0.3, 0.4) is 0 Å². The van der Waals surface area contributed by atoms with E-state index in [0.717, 1.165) is 58.2 Å². The highest BCUT2D eigenvalue weighted by Crippen LogP contribution is 2.31. The van der Waals surface area contributed by atoms with Crippen LogP contribution < -0.4 is 0 Å². The highest BCUT2D eigenvalue weighted by Gasteiger charge is 2.34. The van der Waals surface area contributed by atoms with Crippen molar-refractivity contribution in [2.24, 2.45) is 0 Å². The van der Waals surface area contributed by atoms with Crippen molar-refractivity contribution in [3.8, 4) is 11.8 Å². The van der Waals surface area contributed by atoms with Gasteiger partial charge in [0.1, 0.15) is 0 Å². The molecule has 1 aliphatic rings. The SMILES string of the molecule is CCCCCCC1(CCCCC#CCCCO)OCCO1. The number of unbranched alkanes of at least 4 members (excludes halogenated alkanes) is 6. The molecule has 1 heterocycles. The second-order valence-electron chi connectivity index (χ2n) is 5.81. The number of hydrogen-bond donors (Lipinski definition) is 1. The largest absolute Gasteiger partial charge is 0.396 e. The van der Waals surface area contributed by atoms with Crippen LogP contribution in [-0.4, -0.2) is 30.7 Å². The average molecular weight is 296 g/mol. The predicted molar refractivity (Wildman–Crippen MR) is 86.0 cm³/mol. The monoisotopic (exact) mass is 296 g/mol. The molecule has 0 atom stereocenters. The van der Waals surface area contributed by atoms with E-state index in [9.17, 15) is 0 Å². The second-order valence-corrected chi connectivity index (χ2v) is 5.81. The molecular formula is C18H32O3. The van der Waals surface area contributed by atoms with E-state index in [4.69, 9.17) is 14.6 Å². The molecule has 0 aromatic rings. The topological polar surface area (TPSA) is 38.7 Å². The third-order valence-corrected chi connectivity index (χ3v) is 3.92. The molecule has 0 saturated carbocycles. The molecule has 0 aliphatic carbocycles. The Bertz CT molecular complexity index is 297. The van der Waals surface area contributed by atoms with Gasteiger partial charge >= 0.3 is 0 Å². The van der Waals surface area contributed by atoms with Gasteiger partial charge in [0.05, 0.1) is 13.2 Å². The summed E-state index contributed by atoms with van der Waals surface area (Å²) < 4.78 is 11.8. The average Bonchev–Trinajstić information content (AvgIpc) is 2.96. The van der Waals surface area contributed by atoms with Gasteiger partial charge < -0.3 is 14.6 Å². The molecule has 1 saturated heterocycles. The smallest absolute Gasteiger partial charge is 0.168 e. The summed E-state index contributed by atoms with van der Waals surface area (Å²) in [6, 6.07) is 0. The second kappa shape index (κ2) is 12.0. The summed E-state index contributed by atoms with van der Waals surface area (Å²) in [6.45, 7) is 3.97. The first kappa shape index (κ1) is 18.5. The Morgan fingerprint density at radius 1 is 0.857 bits per heavy atom. The van der Waals surface area contributed by atoms with Crippen LogP contribution in [0.5, 0.6) is 0 Å². The van der Waals surface area contributed by atoms with Crippen LogP contribution in [0.25, 0.3) is 0 Å². The molecule has 0 amide bonds. The van der Waals surface area contributed by atoms with E-state index in [0.29, 0.717) is 0 Å². The zero-order valence-electron chi connectivity index (χ0n) is 13.7. The van der Waals surface area contributed by atoms with Gasteiger partial charge in [0.15, 0.2) is 5.79 Å². The Hall–Kier alpha value is -0.560.